The first kappa shape index (κ1) is 18.7. The molecule has 0 bridgehead atoms. The number of hydrogen-bond donors (Lipinski definition) is 2. The maximum atomic E-state index is 12.5. The topological polar surface area (TPSA) is 90.7 Å². The van der Waals surface area contributed by atoms with E-state index in [0.29, 0.717) is 37.7 Å². The molecule has 2 aliphatic rings. The van der Waals surface area contributed by atoms with Crippen LogP contribution in [0.4, 0.5) is 4.79 Å². The lowest BCUT2D eigenvalue weighted by Crippen LogP contribution is -2.65. The summed E-state index contributed by atoms with van der Waals surface area (Å²) in [5.74, 6) is 0.473. The fourth-order valence-electron chi connectivity index (χ4n) is 3.74. The number of rotatable bonds is 2. The minimum Gasteiger partial charge on any atom is -0.439 e. The summed E-state index contributed by atoms with van der Waals surface area (Å²) < 4.78 is 5.76. The zero-order valence-corrected chi connectivity index (χ0v) is 16.6. The second kappa shape index (κ2) is 7.09. The quantitative estimate of drug-likeness (QED) is 0.817. The first-order chi connectivity index (χ1) is 13.3. The normalized spacial score (nSPS) is 20.8. The Labute approximate surface area is 164 Å². The van der Waals surface area contributed by atoms with Crippen LogP contribution in [0.25, 0.3) is 11.1 Å². The summed E-state index contributed by atoms with van der Waals surface area (Å²) in [6.07, 6.45) is 0. The molecule has 8 heteroatoms. The fraction of sp³-hybridized carbons (Fsp3) is 0.550. The largest absolute Gasteiger partial charge is 0.439 e. The molecule has 1 aromatic carbocycles. The number of piperazine rings is 2. The summed E-state index contributed by atoms with van der Waals surface area (Å²) in [6.45, 7) is 9.92. The van der Waals surface area contributed by atoms with E-state index < -0.39 is 0 Å². The third-order valence-electron chi connectivity index (χ3n) is 5.47. The number of amides is 3. The lowest BCUT2D eigenvalue weighted by Gasteiger charge is -2.42. The maximum Gasteiger partial charge on any atom is 0.317 e. The lowest BCUT2D eigenvalue weighted by atomic mass is 9.87. The van der Waals surface area contributed by atoms with Crippen molar-refractivity contribution in [1.29, 1.82) is 0 Å². The first-order valence-electron chi connectivity index (χ1n) is 9.76. The van der Waals surface area contributed by atoms with Gasteiger partial charge in [-0.2, -0.15) is 0 Å². The summed E-state index contributed by atoms with van der Waals surface area (Å²) in [4.78, 5) is 32.9. The van der Waals surface area contributed by atoms with Gasteiger partial charge in [0, 0.05) is 32.7 Å². The van der Waals surface area contributed by atoms with Crippen LogP contribution >= 0.6 is 0 Å². The van der Waals surface area contributed by atoms with E-state index in [1.54, 1.807) is 4.90 Å². The Morgan fingerprint density at radius 3 is 2.93 bits per heavy atom. The van der Waals surface area contributed by atoms with E-state index in [4.69, 9.17) is 4.42 Å². The molecule has 3 amide bonds. The smallest absolute Gasteiger partial charge is 0.317 e. The molecule has 2 saturated heterocycles. The fourth-order valence-corrected chi connectivity index (χ4v) is 3.74. The number of urea groups is 1. The monoisotopic (exact) mass is 385 g/mol. The lowest BCUT2D eigenvalue weighted by molar-refractivity contribution is -0.131. The molecule has 0 spiro atoms. The molecule has 150 valence electrons. The number of nitrogens with zero attached hydrogens (tertiary/aromatic N) is 3. The summed E-state index contributed by atoms with van der Waals surface area (Å²) >= 11 is 0. The molecule has 4 rings (SSSR count). The minimum atomic E-state index is -0.256. The van der Waals surface area contributed by atoms with Crippen LogP contribution in [0.2, 0.25) is 0 Å². The third-order valence-corrected chi connectivity index (χ3v) is 5.47. The molecule has 8 nitrogen and oxygen atoms in total. The van der Waals surface area contributed by atoms with Gasteiger partial charge in [0.25, 0.3) is 0 Å². The molecular formula is C20H27N5O3. The van der Waals surface area contributed by atoms with E-state index in [-0.39, 0.29) is 29.9 Å². The van der Waals surface area contributed by atoms with Crippen LogP contribution in [0, 0.1) is 0 Å². The van der Waals surface area contributed by atoms with Crippen molar-refractivity contribution < 1.29 is 14.0 Å². The maximum absolute atomic E-state index is 12.5. The molecule has 0 radical (unpaired) electrons. The van der Waals surface area contributed by atoms with E-state index in [1.807, 2.05) is 18.2 Å². The number of carbonyl (C=O) groups is 2. The molecule has 3 heterocycles. The molecule has 2 aromatic rings. The Morgan fingerprint density at radius 2 is 2.14 bits per heavy atom. The molecule has 0 aliphatic carbocycles. The Balaban J connectivity index is 1.39. The Hall–Kier alpha value is -2.61. The Bertz CT molecular complexity index is 901. The van der Waals surface area contributed by atoms with Crippen molar-refractivity contribution in [2.24, 2.45) is 0 Å². The molecule has 2 aliphatic heterocycles. The van der Waals surface area contributed by atoms with Crippen molar-refractivity contribution in [2.75, 3.05) is 32.7 Å². The van der Waals surface area contributed by atoms with Crippen LogP contribution in [0.5, 0.6) is 0 Å². The standard InChI is InChI=1S/C20H27N5O3/c1-20(2,3)13-4-5-16-14(10-13)23-17(28-16)11-22-19(27)25-9-8-24-7-6-21-18(26)15(24)12-25/h4-5,10,15H,6-9,11-12H2,1-3H3,(H,21,26)(H,22,27)/t15-/m0/s1. The SMILES string of the molecule is CC(C)(C)c1ccc2oc(CNC(=O)N3CCN4CCNC(=O)[C@@H]4C3)nc2c1. The molecule has 1 atom stereocenters. The summed E-state index contributed by atoms with van der Waals surface area (Å²) in [5.41, 5.74) is 2.73. The zero-order valence-electron chi connectivity index (χ0n) is 16.6. The second-order valence-corrected chi connectivity index (χ2v) is 8.49. The van der Waals surface area contributed by atoms with Gasteiger partial charge in [-0.3, -0.25) is 9.69 Å². The Kier molecular flexibility index (Phi) is 4.74. The van der Waals surface area contributed by atoms with Crippen LogP contribution < -0.4 is 10.6 Å². The first-order valence-corrected chi connectivity index (χ1v) is 9.76. The number of fused-ring (bicyclic) bond motifs is 2. The van der Waals surface area contributed by atoms with Crippen molar-refractivity contribution in [3.63, 3.8) is 0 Å². The second-order valence-electron chi connectivity index (χ2n) is 8.49. The average Bonchev–Trinajstić information content (AvgIpc) is 3.07. The zero-order chi connectivity index (χ0) is 19.9. The van der Waals surface area contributed by atoms with Crippen LogP contribution in [0.1, 0.15) is 32.2 Å². The predicted molar refractivity (Wildman–Crippen MR) is 105 cm³/mol. The van der Waals surface area contributed by atoms with Crippen molar-refractivity contribution in [3.8, 4) is 0 Å². The highest BCUT2D eigenvalue weighted by Crippen LogP contribution is 2.26. The molecule has 28 heavy (non-hydrogen) atoms. The van der Waals surface area contributed by atoms with Gasteiger partial charge in [0.15, 0.2) is 5.58 Å². The molecular weight excluding hydrogens is 358 g/mol. The van der Waals surface area contributed by atoms with Crippen LogP contribution in [0.15, 0.2) is 22.6 Å². The predicted octanol–water partition coefficient (Wildman–Crippen LogP) is 1.45. The number of hydrogen-bond acceptors (Lipinski definition) is 5. The number of nitrogens with one attached hydrogen (secondary N) is 2. The summed E-state index contributed by atoms with van der Waals surface area (Å²) in [6, 6.07) is 5.55. The molecule has 2 N–H and O–H groups in total. The number of oxazole rings is 1. The number of aromatic nitrogens is 1. The highest BCUT2D eigenvalue weighted by Gasteiger charge is 2.36. The van der Waals surface area contributed by atoms with Crippen molar-refractivity contribution in [2.45, 2.75) is 38.8 Å². The number of carbonyl (C=O) groups excluding carboxylic acids is 2. The van der Waals surface area contributed by atoms with Gasteiger partial charge in [-0.05, 0) is 23.1 Å². The number of benzene rings is 1. The minimum absolute atomic E-state index is 0.00245. The summed E-state index contributed by atoms with van der Waals surface area (Å²) in [7, 11) is 0. The van der Waals surface area contributed by atoms with E-state index in [9.17, 15) is 9.59 Å². The van der Waals surface area contributed by atoms with Crippen LogP contribution in [-0.4, -0.2) is 65.5 Å². The van der Waals surface area contributed by atoms with Gasteiger partial charge < -0.3 is 20.0 Å². The molecule has 0 saturated carbocycles. The molecule has 0 unspecified atom stereocenters. The van der Waals surface area contributed by atoms with E-state index >= 15 is 0 Å². The van der Waals surface area contributed by atoms with Crippen LogP contribution in [0.3, 0.4) is 0 Å². The molecule has 2 fully saturated rings. The van der Waals surface area contributed by atoms with Gasteiger partial charge in [-0.15, -0.1) is 0 Å². The molecule has 1 aromatic heterocycles. The van der Waals surface area contributed by atoms with E-state index in [1.165, 1.54) is 5.56 Å². The van der Waals surface area contributed by atoms with Gasteiger partial charge in [0.1, 0.15) is 11.6 Å². The van der Waals surface area contributed by atoms with Gasteiger partial charge in [0.05, 0.1) is 6.54 Å². The van der Waals surface area contributed by atoms with Gasteiger partial charge in [-0.25, -0.2) is 9.78 Å². The van der Waals surface area contributed by atoms with Crippen molar-refractivity contribution in [3.05, 3.63) is 29.7 Å². The van der Waals surface area contributed by atoms with Gasteiger partial charge in [-0.1, -0.05) is 26.8 Å². The summed E-state index contributed by atoms with van der Waals surface area (Å²) in [5, 5.41) is 5.73. The average molecular weight is 385 g/mol. The van der Waals surface area contributed by atoms with E-state index in [2.05, 4.69) is 41.3 Å². The van der Waals surface area contributed by atoms with Gasteiger partial charge >= 0.3 is 6.03 Å². The highest BCUT2D eigenvalue weighted by molar-refractivity contribution is 5.84. The van der Waals surface area contributed by atoms with Crippen molar-refractivity contribution >= 4 is 23.0 Å². The third kappa shape index (κ3) is 3.69. The van der Waals surface area contributed by atoms with Gasteiger partial charge in [0.2, 0.25) is 11.8 Å². The van der Waals surface area contributed by atoms with Crippen molar-refractivity contribution in [1.82, 2.24) is 25.4 Å². The van der Waals surface area contributed by atoms with Crippen LogP contribution in [-0.2, 0) is 16.8 Å². The van der Waals surface area contributed by atoms with E-state index in [0.717, 1.165) is 12.1 Å². The Morgan fingerprint density at radius 1 is 1.32 bits per heavy atom. The highest BCUT2D eigenvalue weighted by atomic mass is 16.3.